The number of hydrogen-bond acceptors (Lipinski definition) is 2. The monoisotopic (exact) mass is 355 g/mol. The minimum atomic E-state index is -0.245. The van der Waals surface area contributed by atoms with Crippen LogP contribution >= 0.6 is 0 Å². The van der Waals surface area contributed by atoms with Crippen molar-refractivity contribution in [2.45, 2.75) is 90.3 Å². The van der Waals surface area contributed by atoms with Gasteiger partial charge >= 0.3 is 5.97 Å². The van der Waals surface area contributed by atoms with Crippen LogP contribution in [0, 0.1) is 5.92 Å². The van der Waals surface area contributed by atoms with Gasteiger partial charge in [-0.15, -0.1) is 0 Å². The van der Waals surface area contributed by atoms with Crippen LogP contribution in [0.1, 0.15) is 89.7 Å². The maximum atomic E-state index is 9.59. The van der Waals surface area contributed by atoms with Crippen LogP contribution in [-0.4, -0.2) is 20.4 Å². The number of methoxy groups -OCH3 is 1. The Hall–Kier alpha value is -1.25. The van der Waals surface area contributed by atoms with Crippen molar-refractivity contribution in [1.82, 2.24) is 0 Å². The van der Waals surface area contributed by atoms with Gasteiger partial charge in [0.1, 0.15) is 0 Å². The first-order valence-electron chi connectivity index (χ1n) is 10.4. The molecular formula is C23H36BO2. The first-order valence-corrected chi connectivity index (χ1v) is 10.4. The molecule has 1 atom stereocenters. The molecule has 1 aliphatic carbocycles. The molecule has 143 valence electrons. The summed E-state index contributed by atoms with van der Waals surface area (Å²) in [5, 5.41) is 0. The topological polar surface area (TPSA) is 26.3 Å². The van der Waals surface area contributed by atoms with E-state index in [2.05, 4.69) is 51.0 Å². The highest BCUT2D eigenvalue weighted by atomic mass is 16.5. The Kier molecular flexibility index (Phi) is 7.79. The van der Waals surface area contributed by atoms with Gasteiger partial charge in [-0.1, -0.05) is 82.9 Å². The normalized spacial score (nSPS) is 19.6. The summed E-state index contributed by atoms with van der Waals surface area (Å²) in [6.45, 7) is 8.55. The average molecular weight is 355 g/mol. The Balaban J connectivity index is 0.000000431. The highest BCUT2D eigenvalue weighted by Gasteiger charge is 2.30. The van der Waals surface area contributed by atoms with Crippen LogP contribution in [0.5, 0.6) is 0 Å². The number of benzene rings is 1. The molecule has 1 aromatic rings. The molecule has 3 rings (SSSR count). The van der Waals surface area contributed by atoms with Crippen molar-refractivity contribution < 1.29 is 9.53 Å². The maximum Gasteiger partial charge on any atom is 0.302 e. The average Bonchev–Trinajstić information content (AvgIpc) is 2.95. The fourth-order valence-corrected chi connectivity index (χ4v) is 4.25. The Bertz CT molecular complexity index is 588. The van der Waals surface area contributed by atoms with Crippen LogP contribution < -0.4 is 5.46 Å². The number of fused-ring (bicyclic) bond motifs is 1. The van der Waals surface area contributed by atoms with Crippen molar-refractivity contribution in [2.24, 2.45) is 5.92 Å². The van der Waals surface area contributed by atoms with E-state index in [9.17, 15) is 4.79 Å². The Morgan fingerprint density at radius 3 is 2.54 bits per heavy atom. The van der Waals surface area contributed by atoms with Gasteiger partial charge < -0.3 is 4.74 Å². The lowest BCUT2D eigenvalue weighted by Gasteiger charge is -2.24. The molecule has 1 unspecified atom stereocenters. The molecule has 2 nitrogen and oxygen atoms in total. The van der Waals surface area contributed by atoms with E-state index in [0.717, 1.165) is 5.92 Å². The van der Waals surface area contributed by atoms with Gasteiger partial charge in [-0.3, -0.25) is 4.79 Å². The van der Waals surface area contributed by atoms with Crippen molar-refractivity contribution >= 4 is 18.7 Å². The van der Waals surface area contributed by atoms with Crippen molar-refractivity contribution in [3.8, 4) is 0 Å². The maximum absolute atomic E-state index is 9.59. The number of carbonyl (C=O) groups is 1. The quantitative estimate of drug-likeness (QED) is 0.536. The molecule has 0 spiro atoms. The van der Waals surface area contributed by atoms with Crippen molar-refractivity contribution in [3.63, 3.8) is 0 Å². The zero-order chi connectivity index (χ0) is 19.2. The molecule has 3 heteroatoms. The van der Waals surface area contributed by atoms with Crippen LogP contribution in [0.15, 0.2) is 18.2 Å². The van der Waals surface area contributed by atoms with E-state index in [4.69, 9.17) is 0 Å². The van der Waals surface area contributed by atoms with Crippen molar-refractivity contribution in [3.05, 3.63) is 29.3 Å². The number of hydrogen-bond donors (Lipinski definition) is 0. The minimum Gasteiger partial charge on any atom is -0.469 e. The Morgan fingerprint density at radius 1 is 1.27 bits per heavy atom. The first kappa shape index (κ1) is 21.1. The molecule has 0 aromatic heterocycles. The van der Waals surface area contributed by atoms with Crippen LogP contribution in [0.2, 0.25) is 6.32 Å². The third-order valence-corrected chi connectivity index (χ3v) is 6.23. The smallest absolute Gasteiger partial charge is 0.302 e. The van der Waals surface area contributed by atoms with E-state index in [1.54, 1.807) is 11.1 Å². The molecule has 1 heterocycles. The third-order valence-electron chi connectivity index (χ3n) is 6.23. The van der Waals surface area contributed by atoms with Gasteiger partial charge in [0.05, 0.1) is 7.11 Å². The SMILES string of the molecule is CC(CCC1CCCCC1)c1ccc2c(c1)C(C)(C)C[B]2.COC(C)=O. The number of ether oxygens (including phenoxy) is 1. The van der Waals surface area contributed by atoms with E-state index >= 15 is 0 Å². The van der Waals surface area contributed by atoms with Gasteiger partial charge in [0.15, 0.2) is 7.28 Å². The number of carbonyl (C=O) groups excluding carboxylic acids is 1. The van der Waals surface area contributed by atoms with Crippen molar-refractivity contribution in [2.75, 3.05) is 7.11 Å². The van der Waals surface area contributed by atoms with Crippen molar-refractivity contribution in [1.29, 1.82) is 0 Å². The van der Waals surface area contributed by atoms with Gasteiger partial charge in [-0.25, -0.2) is 0 Å². The van der Waals surface area contributed by atoms with E-state index in [1.807, 2.05) is 0 Å². The van der Waals surface area contributed by atoms with Gasteiger partial charge in [0, 0.05) is 6.92 Å². The Labute approximate surface area is 161 Å². The summed E-state index contributed by atoms with van der Waals surface area (Å²) in [5.74, 6) is 1.49. The summed E-state index contributed by atoms with van der Waals surface area (Å²) >= 11 is 0. The molecule has 2 aliphatic rings. The summed E-state index contributed by atoms with van der Waals surface area (Å²) in [6, 6.07) is 7.24. The second kappa shape index (κ2) is 9.62. The van der Waals surface area contributed by atoms with Crippen LogP contribution in [0.3, 0.4) is 0 Å². The molecule has 1 aromatic carbocycles. The zero-order valence-electron chi connectivity index (χ0n) is 17.4. The second-order valence-electron chi connectivity index (χ2n) is 8.82. The summed E-state index contributed by atoms with van der Waals surface area (Å²) in [7, 11) is 3.76. The fourth-order valence-electron chi connectivity index (χ4n) is 4.25. The molecule has 1 saturated carbocycles. The molecule has 0 amide bonds. The predicted octanol–water partition coefficient (Wildman–Crippen LogP) is 5.37. The summed E-state index contributed by atoms with van der Waals surface area (Å²) in [5.41, 5.74) is 4.95. The molecule has 26 heavy (non-hydrogen) atoms. The van der Waals surface area contributed by atoms with Crippen LogP contribution in [0.25, 0.3) is 0 Å². The summed E-state index contributed by atoms with van der Waals surface area (Å²) in [4.78, 5) is 9.59. The lowest BCUT2D eigenvalue weighted by atomic mass is 9.69. The second-order valence-corrected chi connectivity index (χ2v) is 8.82. The number of rotatable bonds is 4. The molecule has 0 bridgehead atoms. The fraction of sp³-hybridized carbons (Fsp3) is 0.696. The van der Waals surface area contributed by atoms with E-state index in [1.165, 1.54) is 70.8 Å². The molecule has 0 N–H and O–H groups in total. The highest BCUT2D eigenvalue weighted by Crippen LogP contribution is 2.35. The van der Waals surface area contributed by atoms with E-state index < -0.39 is 0 Å². The van der Waals surface area contributed by atoms with E-state index in [-0.39, 0.29) is 5.97 Å². The molecule has 1 fully saturated rings. The zero-order valence-corrected chi connectivity index (χ0v) is 17.4. The van der Waals surface area contributed by atoms with Gasteiger partial charge in [0.25, 0.3) is 0 Å². The van der Waals surface area contributed by atoms with Gasteiger partial charge in [-0.05, 0) is 41.2 Å². The lowest BCUT2D eigenvalue weighted by Crippen LogP contribution is -2.16. The molecular weight excluding hydrogens is 319 g/mol. The van der Waals surface area contributed by atoms with Gasteiger partial charge in [-0.2, -0.15) is 0 Å². The number of esters is 1. The standard InChI is InChI=1S/C20H30B.C3H6O2/c1-15(9-10-16-7-5-4-6-8-16)17-11-12-19-18(13-17)20(2,3)14-21-19;1-3(4)5-2/h11-13,15-16H,4-10,14H2,1-3H3;1-2H3. The van der Waals surface area contributed by atoms with Gasteiger partial charge in [0.2, 0.25) is 0 Å². The predicted molar refractivity (Wildman–Crippen MR) is 112 cm³/mol. The summed E-state index contributed by atoms with van der Waals surface area (Å²) < 4.78 is 4.11. The molecule has 1 radical (unpaired) electrons. The third kappa shape index (κ3) is 5.89. The Morgan fingerprint density at radius 2 is 1.92 bits per heavy atom. The summed E-state index contributed by atoms with van der Waals surface area (Å²) in [6.07, 6.45) is 11.4. The molecule has 0 saturated heterocycles. The molecule has 1 aliphatic heterocycles. The lowest BCUT2D eigenvalue weighted by molar-refractivity contribution is -0.137. The minimum absolute atomic E-state index is 0.245. The van der Waals surface area contributed by atoms with Crippen LogP contribution in [-0.2, 0) is 14.9 Å². The highest BCUT2D eigenvalue weighted by molar-refractivity contribution is 6.56. The van der Waals surface area contributed by atoms with Crippen LogP contribution in [0.4, 0.5) is 0 Å². The first-order chi connectivity index (χ1) is 12.3. The largest absolute Gasteiger partial charge is 0.469 e. The van der Waals surface area contributed by atoms with E-state index in [0.29, 0.717) is 11.3 Å².